The molecule has 0 aromatic heterocycles. The van der Waals surface area contributed by atoms with E-state index >= 15 is 0 Å². The van der Waals surface area contributed by atoms with Gasteiger partial charge in [0, 0.05) is 0 Å². The number of carbonyl (C=O) groups excluding carboxylic acids is 4. The summed E-state index contributed by atoms with van der Waals surface area (Å²) >= 11 is 0. The van der Waals surface area contributed by atoms with Crippen LogP contribution in [0.25, 0.3) is 0 Å². The van der Waals surface area contributed by atoms with Crippen molar-refractivity contribution in [3.05, 3.63) is 0 Å². The molecule has 9 heteroatoms. The molecule has 0 saturated heterocycles. The van der Waals surface area contributed by atoms with Crippen LogP contribution < -0.4 is 20.4 Å². The fourth-order valence-corrected chi connectivity index (χ4v) is 0. The minimum atomic E-state index is -2.19. The molecule has 68 valence electrons. The summed E-state index contributed by atoms with van der Waals surface area (Å²) in [6.45, 7) is 0. The van der Waals surface area contributed by atoms with Gasteiger partial charge in [-0.1, -0.05) is 0 Å². The van der Waals surface area contributed by atoms with Crippen LogP contribution >= 0.6 is 0 Å². The Morgan fingerprint density at radius 1 is 0.538 bits per heavy atom. The van der Waals surface area contributed by atoms with Crippen LogP contribution in [0.3, 0.4) is 0 Å². The molecule has 0 aromatic rings. The summed E-state index contributed by atoms with van der Waals surface area (Å²) in [5, 5.41) is 35.7. The summed E-state index contributed by atoms with van der Waals surface area (Å²) in [6, 6.07) is 0. The molecule has 0 saturated carbocycles. The molecule has 0 atom stereocenters. The van der Waals surface area contributed by atoms with Gasteiger partial charge in [-0.2, -0.15) is 0 Å². The van der Waals surface area contributed by atoms with Crippen LogP contribution in [0.1, 0.15) is 0 Å². The second-order valence-corrected chi connectivity index (χ2v) is 1.15. The number of rotatable bonds is 0. The summed E-state index contributed by atoms with van der Waals surface area (Å²) in [5.74, 6) is -8.74. The van der Waals surface area contributed by atoms with Gasteiger partial charge < -0.3 is 39.6 Å². The third-order valence-corrected chi connectivity index (χ3v) is 0.333. The molecule has 0 aliphatic carbocycles. The van der Waals surface area contributed by atoms with Gasteiger partial charge >= 0.3 is 21.7 Å². The quantitative estimate of drug-likeness (QED) is 0.289. The van der Waals surface area contributed by atoms with Gasteiger partial charge in [-0.15, -0.1) is 0 Å². The van der Waals surface area contributed by atoms with Gasteiger partial charge in [-0.25, -0.2) is 0 Å². The van der Waals surface area contributed by atoms with Crippen LogP contribution in [-0.2, 0) is 40.9 Å². The smallest absolute Gasteiger partial charge is 0.543 e. The monoisotopic (exact) mass is 224 g/mol. The number of hydrogen-bond donors (Lipinski definition) is 0. The first-order chi connectivity index (χ1) is 5.29. The molecular weight excluding hydrogens is 224 g/mol. The van der Waals surface area contributed by atoms with E-state index in [2.05, 4.69) is 0 Å². The first kappa shape index (κ1) is 17.6. The average molecular weight is 224 g/mol. The molecule has 0 fully saturated rings. The van der Waals surface area contributed by atoms with E-state index in [1.54, 1.807) is 0 Å². The van der Waals surface area contributed by atoms with Crippen LogP contribution in [0.5, 0.6) is 0 Å². The summed E-state index contributed by atoms with van der Waals surface area (Å²) in [7, 11) is 0. The van der Waals surface area contributed by atoms with Gasteiger partial charge in [0.05, 0.1) is 23.9 Å². The maximum Gasteiger partial charge on any atom is 4.00 e. The maximum absolute atomic E-state index is 8.93. The van der Waals surface area contributed by atoms with E-state index in [0.29, 0.717) is 0 Å². The zero-order chi connectivity index (χ0) is 10.3. The van der Waals surface area contributed by atoms with Crippen LogP contribution in [0.15, 0.2) is 0 Å². The Morgan fingerprint density at radius 2 is 0.615 bits per heavy atom. The number of aliphatic carboxylic acids is 4. The Bertz CT molecular complexity index is 172. The standard InChI is InChI=1S/2C2H2O4.Ti/c2*3-1(4)2(5)6;/h2*(H,3,4)(H,5,6);/q;;+4/p-4. The number of carboxylic acids is 4. The predicted molar refractivity (Wildman–Crippen MR) is 20.0 cm³/mol. The molecule has 0 aliphatic rings. The van der Waals surface area contributed by atoms with Crippen molar-refractivity contribution < 1.29 is 61.3 Å². The first-order valence-electron chi connectivity index (χ1n) is 2.13. The molecule has 0 radical (unpaired) electrons. The second kappa shape index (κ2) is 8.69. The van der Waals surface area contributed by atoms with Crippen molar-refractivity contribution in [2.45, 2.75) is 0 Å². The Hall–Kier alpha value is -1.41. The van der Waals surface area contributed by atoms with Gasteiger partial charge in [0.2, 0.25) is 0 Å². The Kier molecular flexibility index (Phi) is 11.8. The fourth-order valence-electron chi connectivity index (χ4n) is 0. The van der Waals surface area contributed by atoms with E-state index in [1.165, 1.54) is 0 Å². The zero-order valence-electron chi connectivity index (χ0n) is 5.77. The van der Waals surface area contributed by atoms with Crippen LogP contribution in [0, 0.1) is 0 Å². The van der Waals surface area contributed by atoms with Crippen LogP contribution in [0.4, 0.5) is 0 Å². The second-order valence-electron chi connectivity index (χ2n) is 1.15. The molecule has 8 nitrogen and oxygen atoms in total. The molecule has 0 amide bonds. The average Bonchev–Trinajstić information content (AvgIpc) is 1.88. The van der Waals surface area contributed by atoms with Crippen molar-refractivity contribution in [3.8, 4) is 0 Å². The van der Waals surface area contributed by atoms with Crippen molar-refractivity contribution in [2.75, 3.05) is 0 Å². The maximum atomic E-state index is 8.93. The third kappa shape index (κ3) is 18.0. The Labute approximate surface area is 85.7 Å². The van der Waals surface area contributed by atoms with Gasteiger partial charge in [0.1, 0.15) is 0 Å². The van der Waals surface area contributed by atoms with Gasteiger partial charge in [-0.05, 0) is 0 Å². The van der Waals surface area contributed by atoms with E-state index < -0.39 is 23.9 Å². The molecule has 0 aliphatic heterocycles. The predicted octanol–water partition coefficient (Wildman–Crippen LogP) is -7.03. The fraction of sp³-hybridized carbons (Fsp3) is 0. The molecule has 0 aromatic carbocycles. The molecule has 0 heterocycles. The Balaban J connectivity index is -0.000000143. The van der Waals surface area contributed by atoms with Crippen LogP contribution in [0.2, 0.25) is 0 Å². The minimum Gasteiger partial charge on any atom is -0.543 e. The Morgan fingerprint density at radius 3 is 0.615 bits per heavy atom. The van der Waals surface area contributed by atoms with E-state index in [-0.39, 0.29) is 21.7 Å². The van der Waals surface area contributed by atoms with E-state index in [0.717, 1.165) is 0 Å². The summed E-state index contributed by atoms with van der Waals surface area (Å²) in [4.78, 5) is 35.7. The van der Waals surface area contributed by atoms with E-state index in [4.69, 9.17) is 39.6 Å². The van der Waals surface area contributed by atoms with Crippen molar-refractivity contribution in [3.63, 3.8) is 0 Å². The number of carbonyl (C=O) groups is 4. The number of hydrogen-bond acceptors (Lipinski definition) is 8. The SMILES string of the molecule is O=C([O-])C(=O)[O-].O=C([O-])C(=O)[O-].[Ti+4]. The third-order valence-electron chi connectivity index (χ3n) is 0.333. The van der Waals surface area contributed by atoms with E-state index in [1.807, 2.05) is 0 Å². The van der Waals surface area contributed by atoms with Gasteiger partial charge in [0.25, 0.3) is 0 Å². The molecule has 0 unspecified atom stereocenters. The molecule has 0 bridgehead atoms. The summed E-state index contributed by atoms with van der Waals surface area (Å²) in [5.41, 5.74) is 0. The topological polar surface area (TPSA) is 161 Å². The molecule has 0 spiro atoms. The first-order valence-corrected chi connectivity index (χ1v) is 2.13. The van der Waals surface area contributed by atoms with Gasteiger partial charge in [-0.3, -0.25) is 0 Å². The normalized spacial score (nSPS) is 6.77. The van der Waals surface area contributed by atoms with Crippen molar-refractivity contribution >= 4 is 23.9 Å². The van der Waals surface area contributed by atoms with Crippen molar-refractivity contribution in [1.29, 1.82) is 0 Å². The largest absolute Gasteiger partial charge is 4.00 e. The van der Waals surface area contributed by atoms with Crippen LogP contribution in [-0.4, -0.2) is 23.9 Å². The molecule has 13 heavy (non-hydrogen) atoms. The summed E-state index contributed by atoms with van der Waals surface area (Å²) < 4.78 is 0. The van der Waals surface area contributed by atoms with Gasteiger partial charge in [0.15, 0.2) is 0 Å². The molecular formula is C4O8Ti. The zero-order valence-corrected chi connectivity index (χ0v) is 7.33. The van der Waals surface area contributed by atoms with E-state index in [9.17, 15) is 0 Å². The molecule has 0 N–H and O–H groups in total. The summed E-state index contributed by atoms with van der Waals surface area (Å²) in [6.07, 6.45) is 0. The minimum absolute atomic E-state index is 0. The molecule has 0 rings (SSSR count). The van der Waals surface area contributed by atoms with Crippen molar-refractivity contribution in [2.24, 2.45) is 0 Å². The number of carboxylic acid groups (broad SMARTS) is 4. The van der Waals surface area contributed by atoms with Crippen molar-refractivity contribution in [1.82, 2.24) is 0 Å².